The molecule has 6 nitrogen and oxygen atoms in total. The van der Waals surface area contributed by atoms with Crippen molar-refractivity contribution >= 4 is 23.0 Å². The molecule has 4 aromatic carbocycles. The number of hydrogen-bond donors (Lipinski definition) is 2. The van der Waals surface area contributed by atoms with E-state index < -0.39 is 6.03 Å². The Bertz CT molecular complexity index is 1440. The Balaban J connectivity index is 1.29. The maximum absolute atomic E-state index is 13.5. The lowest BCUT2D eigenvalue weighted by molar-refractivity contribution is 0.210. The number of amides is 2. The van der Waals surface area contributed by atoms with E-state index in [0.717, 1.165) is 11.1 Å². The van der Waals surface area contributed by atoms with Crippen molar-refractivity contribution in [3.8, 4) is 17.6 Å². The van der Waals surface area contributed by atoms with Crippen molar-refractivity contribution in [2.75, 3.05) is 11.9 Å². The predicted octanol–water partition coefficient (Wildman–Crippen LogP) is 6.55. The molecule has 0 spiro atoms. The number of nitrogens with one attached hydrogen (secondary N) is 2. The van der Waals surface area contributed by atoms with Crippen LogP contribution in [0.3, 0.4) is 0 Å². The van der Waals surface area contributed by atoms with Gasteiger partial charge in [0.15, 0.2) is 0 Å². The summed E-state index contributed by atoms with van der Waals surface area (Å²) >= 11 is 0. The van der Waals surface area contributed by atoms with Gasteiger partial charge in [-0.05, 0) is 96.1 Å². The number of rotatable bonds is 5. The molecule has 0 atom stereocenters. The molecule has 8 heteroatoms. The van der Waals surface area contributed by atoms with Crippen molar-refractivity contribution in [3.63, 3.8) is 0 Å². The summed E-state index contributed by atoms with van der Waals surface area (Å²) in [5.41, 5.74) is 7.04. The van der Waals surface area contributed by atoms with Crippen LogP contribution in [0.1, 0.15) is 16.7 Å². The minimum Gasteiger partial charge on any atom is -0.457 e. The molecule has 0 radical (unpaired) electrons. The Kier molecular flexibility index (Phi) is 6.51. The highest BCUT2D eigenvalue weighted by atomic mass is 19.1. The Morgan fingerprint density at radius 2 is 1.35 bits per heavy atom. The topological polar surface area (TPSA) is 77.4 Å². The molecule has 1 aliphatic rings. The lowest BCUT2D eigenvalue weighted by Gasteiger charge is -2.19. The summed E-state index contributed by atoms with van der Waals surface area (Å²) in [5, 5.41) is 13.1. The molecule has 2 N–H and O–H groups in total. The van der Waals surface area contributed by atoms with Crippen LogP contribution < -0.4 is 15.5 Å². The second-order valence-electron chi connectivity index (χ2n) is 8.26. The quantitative estimate of drug-likeness (QED) is 0.330. The summed E-state index contributed by atoms with van der Waals surface area (Å²) in [7, 11) is 0. The number of carbonyl (C=O) groups is 1. The number of carbonyl (C=O) groups excluding carboxylic acids is 1. The van der Waals surface area contributed by atoms with Gasteiger partial charge in [0, 0.05) is 11.3 Å². The zero-order valence-electron chi connectivity index (χ0n) is 19.4. The molecule has 0 saturated carbocycles. The van der Waals surface area contributed by atoms with E-state index in [1.54, 1.807) is 72.8 Å². The van der Waals surface area contributed by atoms with Crippen molar-refractivity contribution in [3.05, 3.63) is 125 Å². The van der Waals surface area contributed by atoms with Gasteiger partial charge in [0.1, 0.15) is 23.1 Å². The minimum atomic E-state index is -0.405. The molecule has 1 aliphatic heterocycles. The number of hydrazine groups is 1. The Hall–Kier alpha value is -5.16. The van der Waals surface area contributed by atoms with Gasteiger partial charge in [-0.2, -0.15) is 5.26 Å². The summed E-state index contributed by atoms with van der Waals surface area (Å²) in [4.78, 5) is 13.1. The van der Waals surface area contributed by atoms with Crippen LogP contribution >= 0.6 is 0 Å². The zero-order valence-corrected chi connectivity index (χ0v) is 19.4. The average molecular weight is 495 g/mol. The highest BCUT2D eigenvalue weighted by Gasteiger charge is 2.27. The molecule has 37 heavy (non-hydrogen) atoms. The van der Waals surface area contributed by atoms with Gasteiger partial charge >= 0.3 is 6.03 Å². The molecule has 4 aromatic rings. The van der Waals surface area contributed by atoms with E-state index in [4.69, 9.17) is 10.00 Å². The Labute approximate surface area is 212 Å². The first kappa shape index (κ1) is 23.6. The maximum Gasteiger partial charge on any atom is 0.340 e. The van der Waals surface area contributed by atoms with Gasteiger partial charge in [-0.15, -0.1) is 0 Å². The van der Waals surface area contributed by atoms with Crippen molar-refractivity contribution in [1.29, 1.82) is 5.26 Å². The van der Waals surface area contributed by atoms with Crippen LogP contribution in [0, 0.1) is 23.0 Å². The van der Waals surface area contributed by atoms with Gasteiger partial charge in [0.25, 0.3) is 0 Å². The van der Waals surface area contributed by atoms with Crippen LogP contribution in [0.25, 0.3) is 11.3 Å². The molecular weight excluding hydrogens is 474 g/mol. The van der Waals surface area contributed by atoms with Gasteiger partial charge in [-0.3, -0.25) is 5.43 Å². The van der Waals surface area contributed by atoms with Crippen LogP contribution in [0.5, 0.6) is 11.5 Å². The van der Waals surface area contributed by atoms with E-state index >= 15 is 0 Å². The molecule has 2 amide bonds. The largest absolute Gasteiger partial charge is 0.457 e. The first-order valence-corrected chi connectivity index (χ1v) is 11.4. The number of urea groups is 1. The fraction of sp³-hybridized carbons (Fsp3) is 0.0345. The fourth-order valence-electron chi connectivity index (χ4n) is 3.87. The van der Waals surface area contributed by atoms with E-state index in [0.29, 0.717) is 34.0 Å². The molecule has 0 bridgehead atoms. The third-order valence-electron chi connectivity index (χ3n) is 5.76. The maximum atomic E-state index is 13.5. The summed E-state index contributed by atoms with van der Waals surface area (Å²) in [6.45, 7) is 0.212. The van der Waals surface area contributed by atoms with Gasteiger partial charge in [0.2, 0.25) is 0 Å². The molecular formula is C29H20F2N4O2. The van der Waals surface area contributed by atoms with Crippen LogP contribution in [0.2, 0.25) is 0 Å². The van der Waals surface area contributed by atoms with Crippen molar-refractivity contribution in [2.45, 2.75) is 0 Å². The van der Waals surface area contributed by atoms with E-state index in [9.17, 15) is 13.6 Å². The molecule has 0 fully saturated rings. The SMILES string of the molecule is N#Cc1ccc(Oc2ccc(NC(=O)N3CC(c4ccc(F)cc4)=C(c4ccc(F)cc4)N3)cc2)cc1. The van der Waals surface area contributed by atoms with Crippen LogP contribution in [0.4, 0.5) is 19.3 Å². The summed E-state index contributed by atoms with van der Waals surface area (Å²) in [6.07, 6.45) is 0. The molecule has 5 rings (SSSR count). The van der Waals surface area contributed by atoms with Crippen molar-refractivity contribution in [2.24, 2.45) is 0 Å². The van der Waals surface area contributed by atoms with Gasteiger partial charge < -0.3 is 10.1 Å². The van der Waals surface area contributed by atoms with E-state index in [-0.39, 0.29) is 18.2 Å². The first-order chi connectivity index (χ1) is 18.0. The van der Waals surface area contributed by atoms with Gasteiger partial charge in [0.05, 0.1) is 23.9 Å². The minimum absolute atomic E-state index is 0.212. The number of halogens is 2. The molecule has 0 aromatic heterocycles. The number of nitrogens with zero attached hydrogens (tertiary/aromatic N) is 2. The van der Waals surface area contributed by atoms with Crippen LogP contribution in [-0.2, 0) is 0 Å². The number of benzene rings is 4. The number of anilines is 1. The number of nitriles is 1. The van der Waals surface area contributed by atoms with Crippen molar-refractivity contribution in [1.82, 2.24) is 10.4 Å². The van der Waals surface area contributed by atoms with E-state index in [2.05, 4.69) is 16.8 Å². The van der Waals surface area contributed by atoms with Gasteiger partial charge in [-0.1, -0.05) is 12.1 Å². The Morgan fingerprint density at radius 3 is 1.92 bits per heavy atom. The highest BCUT2D eigenvalue weighted by molar-refractivity contribution is 5.98. The third-order valence-corrected chi connectivity index (χ3v) is 5.76. The fourth-order valence-corrected chi connectivity index (χ4v) is 3.87. The summed E-state index contributed by atoms with van der Waals surface area (Å²) < 4.78 is 32.8. The molecule has 0 saturated heterocycles. The number of ether oxygens (including phenoxy) is 1. The lowest BCUT2D eigenvalue weighted by Crippen LogP contribution is -2.40. The number of hydrogen-bond acceptors (Lipinski definition) is 4. The molecule has 0 unspecified atom stereocenters. The smallest absolute Gasteiger partial charge is 0.340 e. The predicted molar refractivity (Wildman–Crippen MR) is 136 cm³/mol. The van der Waals surface area contributed by atoms with Gasteiger partial charge in [-0.25, -0.2) is 18.6 Å². The zero-order chi connectivity index (χ0) is 25.8. The lowest BCUT2D eigenvalue weighted by atomic mass is 10.0. The molecule has 1 heterocycles. The van der Waals surface area contributed by atoms with E-state index in [1.165, 1.54) is 29.3 Å². The Morgan fingerprint density at radius 1 is 0.811 bits per heavy atom. The molecule has 0 aliphatic carbocycles. The van der Waals surface area contributed by atoms with Crippen LogP contribution in [0.15, 0.2) is 97.1 Å². The normalized spacial score (nSPS) is 12.6. The van der Waals surface area contributed by atoms with Crippen molar-refractivity contribution < 1.29 is 18.3 Å². The average Bonchev–Trinajstić information content (AvgIpc) is 3.37. The highest BCUT2D eigenvalue weighted by Crippen LogP contribution is 2.31. The molecule has 182 valence electrons. The monoisotopic (exact) mass is 494 g/mol. The summed E-state index contributed by atoms with van der Waals surface area (Å²) in [5.74, 6) is 0.428. The summed E-state index contributed by atoms with van der Waals surface area (Å²) in [6, 6.07) is 27.2. The standard InChI is InChI=1S/C29H20F2N4O2/c30-22-7-3-20(4-8-22)27-18-35(34-28(27)21-5-9-23(31)10-6-21)29(36)33-24-11-15-26(16-12-24)37-25-13-1-19(17-32)2-14-25/h1-16,34H,18H2,(H,33,36). The second kappa shape index (κ2) is 10.2. The third kappa shape index (κ3) is 5.41. The first-order valence-electron chi connectivity index (χ1n) is 11.4. The van der Waals surface area contributed by atoms with E-state index in [1.807, 2.05) is 0 Å². The van der Waals surface area contributed by atoms with Crippen LogP contribution in [-0.4, -0.2) is 17.6 Å². The second-order valence-corrected chi connectivity index (χ2v) is 8.26.